The molecular weight excluding hydrogens is 428 g/mol. The minimum atomic E-state index is -0.763. The first-order valence-electron chi connectivity index (χ1n) is 11.7. The van der Waals surface area contributed by atoms with Crippen molar-refractivity contribution in [2.75, 3.05) is 13.1 Å². The minimum Gasteiger partial charge on any atom is -0.508 e. The first kappa shape index (κ1) is 25.4. The van der Waals surface area contributed by atoms with Crippen molar-refractivity contribution in [1.82, 2.24) is 10.6 Å². The van der Waals surface area contributed by atoms with Gasteiger partial charge in [-0.15, -0.1) is 0 Å². The smallest absolute Gasteiger partial charge is 0.251 e. The number of benzene rings is 3. The Morgan fingerprint density at radius 2 is 1.74 bits per heavy atom. The molecule has 0 radical (unpaired) electrons. The normalized spacial score (nSPS) is 12.8. The number of aliphatic hydroxyl groups is 2. The molecule has 0 bridgehead atoms. The maximum atomic E-state index is 12.5. The van der Waals surface area contributed by atoms with Crippen molar-refractivity contribution < 1.29 is 20.1 Å². The van der Waals surface area contributed by atoms with Crippen LogP contribution in [0.2, 0.25) is 0 Å². The molecule has 180 valence electrons. The molecule has 0 aliphatic heterocycles. The summed E-state index contributed by atoms with van der Waals surface area (Å²) in [6.07, 6.45) is 1.77. The highest BCUT2D eigenvalue weighted by molar-refractivity contribution is 5.94. The number of aliphatic hydroxyl groups excluding tert-OH is 2. The monoisotopic (exact) mass is 462 g/mol. The zero-order valence-corrected chi connectivity index (χ0v) is 19.6. The third-order valence-corrected chi connectivity index (χ3v) is 5.82. The summed E-state index contributed by atoms with van der Waals surface area (Å²) < 4.78 is 0. The Morgan fingerprint density at radius 3 is 2.50 bits per heavy atom. The van der Waals surface area contributed by atoms with E-state index in [1.807, 2.05) is 49.4 Å². The largest absolute Gasteiger partial charge is 0.508 e. The lowest BCUT2D eigenvalue weighted by atomic mass is 10.0. The van der Waals surface area contributed by atoms with Gasteiger partial charge in [-0.05, 0) is 67.1 Å². The second-order valence-electron chi connectivity index (χ2n) is 8.62. The number of rotatable bonds is 12. The fraction of sp³-hybridized carbons (Fsp3) is 0.321. The fourth-order valence-corrected chi connectivity index (χ4v) is 3.88. The van der Waals surface area contributed by atoms with Crippen LogP contribution in [-0.4, -0.2) is 40.4 Å². The Balaban J connectivity index is 1.45. The highest BCUT2D eigenvalue weighted by Gasteiger charge is 2.13. The van der Waals surface area contributed by atoms with Crippen molar-refractivity contribution >= 4 is 5.91 Å². The SMILES string of the molecule is C[C@H](Cc1cccc(C(=O)NCCCc2ccccc2)c1)NC[C@@H](O)c1ccc(O)c(CO)c1. The van der Waals surface area contributed by atoms with Gasteiger partial charge in [0.2, 0.25) is 0 Å². The summed E-state index contributed by atoms with van der Waals surface area (Å²) >= 11 is 0. The molecule has 0 saturated heterocycles. The zero-order chi connectivity index (χ0) is 24.3. The molecule has 0 fully saturated rings. The minimum absolute atomic E-state index is 0.0138. The molecule has 6 heteroatoms. The lowest BCUT2D eigenvalue weighted by Gasteiger charge is -2.18. The lowest BCUT2D eigenvalue weighted by molar-refractivity contribution is 0.0953. The van der Waals surface area contributed by atoms with E-state index in [2.05, 4.69) is 22.8 Å². The van der Waals surface area contributed by atoms with Crippen LogP contribution in [0.3, 0.4) is 0 Å². The Morgan fingerprint density at radius 1 is 0.971 bits per heavy atom. The van der Waals surface area contributed by atoms with Gasteiger partial charge in [-0.1, -0.05) is 48.5 Å². The highest BCUT2D eigenvalue weighted by atomic mass is 16.3. The van der Waals surface area contributed by atoms with Gasteiger partial charge in [0.05, 0.1) is 12.7 Å². The molecule has 6 nitrogen and oxygen atoms in total. The Bertz CT molecular complexity index is 1060. The van der Waals surface area contributed by atoms with Crippen LogP contribution in [0, 0.1) is 0 Å². The molecule has 0 saturated carbocycles. The Hall–Kier alpha value is -3.19. The van der Waals surface area contributed by atoms with Gasteiger partial charge in [-0.2, -0.15) is 0 Å². The van der Waals surface area contributed by atoms with Gasteiger partial charge >= 0.3 is 0 Å². The predicted octanol–water partition coefficient (Wildman–Crippen LogP) is 3.50. The van der Waals surface area contributed by atoms with E-state index in [0.29, 0.717) is 36.2 Å². The van der Waals surface area contributed by atoms with Crippen molar-refractivity contribution in [1.29, 1.82) is 0 Å². The van der Waals surface area contributed by atoms with Crippen LogP contribution in [0.25, 0.3) is 0 Å². The number of nitrogens with one attached hydrogen (secondary N) is 2. The summed E-state index contributed by atoms with van der Waals surface area (Å²) in [5.41, 5.74) is 3.97. The molecule has 2 atom stereocenters. The van der Waals surface area contributed by atoms with Crippen LogP contribution in [0.5, 0.6) is 5.75 Å². The second-order valence-corrected chi connectivity index (χ2v) is 8.62. The molecule has 0 aliphatic carbocycles. The summed E-state index contributed by atoms with van der Waals surface area (Å²) in [4.78, 5) is 12.5. The van der Waals surface area contributed by atoms with Crippen molar-refractivity contribution in [2.24, 2.45) is 0 Å². The van der Waals surface area contributed by atoms with Gasteiger partial charge < -0.3 is 26.0 Å². The van der Waals surface area contributed by atoms with E-state index in [9.17, 15) is 20.1 Å². The van der Waals surface area contributed by atoms with E-state index in [1.54, 1.807) is 12.1 Å². The second kappa shape index (κ2) is 12.9. The van der Waals surface area contributed by atoms with E-state index in [4.69, 9.17) is 0 Å². The molecule has 0 aromatic heterocycles. The molecule has 0 aliphatic rings. The molecule has 0 heterocycles. The van der Waals surface area contributed by atoms with Gasteiger partial charge in [-0.25, -0.2) is 0 Å². The number of carbonyl (C=O) groups excluding carboxylic acids is 1. The molecule has 34 heavy (non-hydrogen) atoms. The van der Waals surface area contributed by atoms with Crippen molar-refractivity contribution in [3.63, 3.8) is 0 Å². The maximum Gasteiger partial charge on any atom is 0.251 e. The quantitative estimate of drug-likeness (QED) is 0.265. The topological polar surface area (TPSA) is 102 Å². The number of hydrogen-bond donors (Lipinski definition) is 5. The first-order chi connectivity index (χ1) is 16.5. The molecule has 3 aromatic rings. The number of aromatic hydroxyl groups is 1. The van der Waals surface area contributed by atoms with E-state index in [1.165, 1.54) is 11.6 Å². The number of hydrogen-bond acceptors (Lipinski definition) is 5. The van der Waals surface area contributed by atoms with E-state index in [0.717, 1.165) is 18.4 Å². The number of carbonyl (C=O) groups is 1. The summed E-state index contributed by atoms with van der Waals surface area (Å²) in [6, 6.07) is 22.7. The number of phenols is 1. The van der Waals surface area contributed by atoms with Gasteiger partial charge in [0.1, 0.15) is 5.75 Å². The number of amides is 1. The lowest BCUT2D eigenvalue weighted by Crippen LogP contribution is -2.32. The van der Waals surface area contributed by atoms with E-state index in [-0.39, 0.29) is 24.3 Å². The summed E-state index contributed by atoms with van der Waals surface area (Å²) in [7, 11) is 0. The zero-order valence-electron chi connectivity index (χ0n) is 19.6. The average Bonchev–Trinajstić information content (AvgIpc) is 2.86. The molecule has 0 spiro atoms. The predicted molar refractivity (Wildman–Crippen MR) is 134 cm³/mol. The molecular formula is C28H34N2O4. The first-order valence-corrected chi connectivity index (χ1v) is 11.7. The number of aryl methyl sites for hydroxylation is 1. The highest BCUT2D eigenvalue weighted by Crippen LogP contribution is 2.22. The summed E-state index contributed by atoms with van der Waals surface area (Å²) in [5, 5.41) is 35.7. The molecule has 0 unspecified atom stereocenters. The van der Waals surface area contributed by atoms with Crippen molar-refractivity contribution in [3.8, 4) is 5.75 Å². The standard InChI is InChI=1S/C28H34N2O4/c1-20(30-18-27(33)23-12-13-26(32)25(17-23)19-31)15-22-9-5-11-24(16-22)28(34)29-14-6-10-21-7-3-2-4-8-21/h2-5,7-9,11-13,16-17,20,27,30-33H,6,10,14-15,18-19H2,1H3,(H,29,34)/t20-,27-/m1/s1. The van der Waals surface area contributed by atoms with Gasteiger partial charge in [0.25, 0.3) is 5.91 Å². The van der Waals surface area contributed by atoms with E-state index >= 15 is 0 Å². The third kappa shape index (κ3) is 7.70. The van der Waals surface area contributed by atoms with Crippen LogP contribution in [-0.2, 0) is 19.4 Å². The average molecular weight is 463 g/mol. The molecule has 3 aromatic carbocycles. The van der Waals surface area contributed by atoms with Crippen LogP contribution in [0.15, 0.2) is 72.8 Å². The Kier molecular flexibility index (Phi) is 9.64. The van der Waals surface area contributed by atoms with Crippen LogP contribution < -0.4 is 10.6 Å². The summed E-state index contributed by atoms with van der Waals surface area (Å²) in [5.74, 6) is -0.0575. The van der Waals surface area contributed by atoms with Crippen molar-refractivity contribution in [3.05, 3.63) is 101 Å². The molecule has 1 amide bonds. The molecule has 5 N–H and O–H groups in total. The van der Waals surface area contributed by atoms with Crippen molar-refractivity contribution in [2.45, 2.75) is 44.9 Å². The van der Waals surface area contributed by atoms with Crippen LogP contribution >= 0.6 is 0 Å². The molecule has 3 rings (SSSR count). The Labute approximate surface area is 201 Å². The summed E-state index contributed by atoms with van der Waals surface area (Å²) in [6.45, 7) is 2.70. The van der Waals surface area contributed by atoms with Crippen LogP contribution in [0.4, 0.5) is 0 Å². The fourth-order valence-electron chi connectivity index (χ4n) is 3.88. The van der Waals surface area contributed by atoms with Gasteiger partial charge in [0.15, 0.2) is 0 Å². The van der Waals surface area contributed by atoms with Crippen LogP contribution in [0.1, 0.15) is 52.1 Å². The van der Waals surface area contributed by atoms with Gasteiger partial charge in [0, 0.05) is 30.3 Å². The van der Waals surface area contributed by atoms with Gasteiger partial charge in [-0.3, -0.25) is 4.79 Å². The maximum absolute atomic E-state index is 12.5. The van der Waals surface area contributed by atoms with E-state index < -0.39 is 6.10 Å². The third-order valence-electron chi connectivity index (χ3n) is 5.82.